The van der Waals surface area contributed by atoms with Crippen LogP contribution in [0.2, 0.25) is 10.0 Å². The summed E-state index contributed by atoms with van der Waals surface area (Å²) in [5.74, 6) is 0.0596. The van der Waals surface area contributed by atoms with Crippen LogP contribution >= 0.6 is 35.0 Å². The molecule has 0 unspecified atom stereocenters. The fraction of sp³-hybridized carbons (Fsp3) is 0. The van der Waals surface area contributed by atoms with Gasteiger partial charge >= 0.3 is 0 Å². The smallest absolute Gasteiger partial charge is 0.164 e. The highest BCUT2D eigenvalue weighted by Gasteiger charge is 2.14. The number of aromatic nitrogens is 2. The highest BCUT2D eigenvalue weighted by atomic mass is 35.5. The predicted octanol–water partition coefficient (Wildman–Crippen LogP) is 8.12. The van der Waals surface area contributed by atoms with E-state index in [0.29, 0.717) is 21.6 Å². The highest BCUT2D eigenvalue weighted by molar-refractivity contribution is 7.99. The topological polar surface area (TPSA) is 37.8 Å². The van der Waals surface area contributed by atoms with E-state index >= 15 is 0 Å². The van der Waals surface area contributed by atoms with Crippen molar-refractivity contribution in [3.8, 4) is 0 Å². The van der Waals surface area contributed by atoms with E-state index in [0.717, 1.165) is 26.7 Å². The molecule has 5 rings (SSSR count). The van der Waals surface area contributed by atoms with Gasteiger partial charge in [-0.15, -0.1) is 0 Å². The van der Waals surface area contributed by atoms with Gasteiger partial charge in [0.05, 0.1) is 21.1 Å². The molecule has 0 bridgehead atoms. The summed E-state index contributed by atoms with van der Waals surface area (Å²) < 4.78 is 13.6. The SMILES string of the molecule is Fc1ccc(Nc2nc3cc4ccccc4cc3nc2Sc2ccccc2Cl)cc1Cl. The number of rotatable bonds is 4. The Morgan fingerprint density at radius 1 is 0.742 bits per heavy atom. The van der Waals surface area contributed by atoms with Crippen molar-refractivity contribution in [2.75, 3.05) is 5.32 Å². The van der Waals surface area contributed by atoms with Gasteiger partial charge in [-0.2, -0.15) is 0 Å². The van der Waals surface area contributed by atoms with Crippen molar-refractivity contribution in [3.05, 3.63) is 94.7 Å². The maximum atomic E-state index is 13.6. The summed E-state index contributed by atoms with van der Waals surface area (Å²) >= 11 is 13.7. The van der Waals surface area contributed by atoms with E-state index in [1.807, 2.05) is 60.7 Å². The molecule has 0 aliphatic heterocycles. The summed E-state index contributed by atoms with van der Waals surface area (Å²) in [6, 6.07) is 24.1. The number of nitrogens with zero attached hydrogens (tertiary/aromatic N) is 2. The number of fused-ring (bicyclic) bond motifs is 2. The normalized spacial score (nSPS) is 11.2. The van der Waals surface area contributed by atoms with Crippen molar-refractivity contribution in [1.82, 2.24) is 9.97 Å². The maximum absolute atomic E-state index is 13.6. The second-order valence-electron chi connectivity index (χ2n) is 6.85. The first kappa shape index (κ1) is 20.1. The lowest BCUT2D eigenvalue weighted by atomic mass is 10.1. The Labute approximate surface area is 192 Å². The lowest BCUT2D eigenvalue weighted by Crippen LogP contribution is -2.00. The number of nitrogens with one attached hydrogen (secondary N) is 1. The molecule has 1 aromatic heterocycles. The Bertz CT molecular complexity index is 1440. The third kappa shape index (κ3) is 4.17. The van der Waals surface area contributed by atoms with Gasteiger partial charge in [-0.1, -0.05) is 71.4 Å². The molecule has 0 fully saturated rings. The van der Waals surface area contributed by atoms with Crippen molar-refractivity contribution in [1.29, 1.82) is 0 Å². The molecular weight excluding hydrogens is 452 g/mol. The largest absolute Gasteiger partial charge is 0.338 e. The monoisotopic (exact) mass is 465 g/mol. The molecule has 152 valence electrons. The van der Waals surface area contributed by atoms with Crippen LogP contribution in [-0.2, 0) is 0 Å². The van der Waals surface area contributed by atoms with Crippen molar-refractivity contribution >= 4 is 68.3 Å². The molecule has 3 nitrogen and oxygen atoms in total. The van der Waals surface area contributed by atoms with Crippen LogP contribution in [0.3, 0.4) is 0 Å². The Morgan fingerprint density at radius 3 is 2.13 bits per heavy atom. The standard InChI is InChI=1S/C24H14Cl2FN3S/c25-17-7-3-4-8-22(17)31-24-23(28-16-9-10-19(27)18(26)13-16)29-20-11-14-5-1-2-6-15(14)12-21(20)30-24/h1-13H,(H,28,29). The lowest BCUT2D eigenvalue weighted by molar-refractivity contribution is 0.628. The summed E-state index contributed by atoms with van der Waals surface area (Å²) in [5, 5.41) is 6.70. The van der Waals surface area contributed by atoms with E-state index < -0.39 is 5.82 Å². The van der Waals surface area contributed by atoms with E-state index in [1.54, 1.807) is 6.07 Å². The average molecular weight is 466 g/mol. The van der Waals surface area contributed by atoms with Crippen molar-refractivity contribution in [2.24, 2.45) is 0 Å². The minimum Gasteiger partial charge on any atom is -0.338 e. The third-order valence-electron chi connectivity index (χ3n) is 4.73. The van der Waals surface area contributed by atoms with Crippen LogP contribution < -0.4 is 5.32 Å². The van der Waals surface area contributed by atoms with Gasteiger partial charge in [0.2, 0.25) is 0 Å². The molecule has 1 N–H and O–H groups in total. The Morgan fingerprint density at radius 2 is 1.42 bits per heavy atom. The van der Waals surface area contributed by atoms with Gasteiger partial charge < -0.3 is 5.32 Å². The Kier molecular flexibility index (Phi) is 5.40. The molecule has 5 aromatic rings. The van der Waals surface area contributed by atoms with E-state index in [1.165, 1.54) is 23.9 Å². The first-order valence-electron chi connectivity index (χ1n) is 9.42. The number of halogens is 3. The fourth-order valence-electron chi connectivity index (χ4n) is 3.22. The van der Waals surface area contributed by atoms with E-state index in [-0.39, 0.29) is 5.02 Å². The molecule has 0 aliphatic carbocycles. The average Bonchev–Trinajstić information content (AvgIpc) is 2.77. The summed E-state index contributed by atoms with van der Waals surface area (Å²) in [4.78, 5) is 10.6. The first-order valence-corrected chi connectivity index (χ1v) is 11.0. The van der Waals surface area contributed by atoms with Crippen LogP contribution in [0.5, 0.6) is 0 Å². The molecule has 1 heterocycles. The second kappa shape index (κ2) is 8.35. The number of anilines is 2. The van der Waals surface area contributed by atoms with Gasteiger partial charge in [0.15, 0.2) is 5.82 Å². The zero-order valence-corrected chi connectivity index (χ0v) is 18.3. The van der Waals surface area contributed by atoms with Crippen LogP contribution in [0.1, 0.15) is 0 Å². The van der Waals surface area contributed by atoms with Crippen LogP contribution in [0.15, 0.2) is 88.8 Å². The minimum atomic E-state index is -0.478. The van der Waals surface area contributed by atoms with Gasteiger partial charge in [0, 0.05) is 10.6 Å². The van der Waals surface area contributed by atoms with E-state index in [9.17, 15) is 4.39 Å². The molecule has 0 atom stereocenters. The molecule has 0 aliphatic rings. The Balaban J connectivity index is 1.66. The van der Waals surface area contributed by atoms with Crippen LogP contribution in [0.4, 0.5) is 15.9 Å². The predicted molar refractivity (Wildman–Crippen MR) is 127 cm³/mol. The van der Waals surface area contributed by atoms with Gasteiger partial charge in [0.25, 0.3) is 0 Å². The summed E-state index contributed by atoms with van der Waals surface area (Å²) in [6.45, 7) is 0. The molecule has 0 saturated carbocycles. The zero-order chi connectivity index (χ0) is 21.4. The van der Waals surface area contributed by atoms with Gasteiger partial charge in [-0.25, -0.2) is 14.4 Å². The molecular formula is C24H14Cl2FN3S. The number of hydrogen-bond donors (Lipinski definition) is 1. The van der Waals surface area contributed by atoms with Crippen molar-refractivity contribution < 1.29 is 4.39 Å². The quantitative estimate of drug-likeness (QED) is 0.272. The third-order valence-corrected chi connectivity index (χ3v) is 6.51. The van der Waals surface area contributed by atoms with Crippen LogP contribution in [0.25, 0.3) is 21.8 Å². The van der Waals surface area contributed by atoms with E-state index in [4.69, 9.17) is 33.2 Å². The summed E-state index contributed by atoms with van der Waals surface area (Å²) in [5.41, 5.74) is 2.13. The zero-order valence-electron chi connectivity index (χ0n) is 15.9. The number of hydrogen-bond acceptors (Lipinski definition) is 4. The van der Waals surface area contributed by atoms with Gasteiger partial charge in [0.1, 0.15) is 10.8 Å². The maximum Gasteiger partial charge on any atom is 0.164 e. The minimum absolute atomic E-state index is 0.0325. The molecule has 4 aromatic carbocycles. The van der Waals surface area contributed by atoms with Crippen LogP contribution in [-0.4, -0.2) is 9.97 Å². The highest BCUT2D eigenvalue weighted by Crippen LogP contribution is 2.38. The summed E-state index contributed by atoms with van der Waals surface area (Å²) in [7, 11) is 0. The molecule has 0 radical (unpaired) electrons. The fourth-order valence-corrected chi connectivity index (χ4v) is 4.51. The Hall–Kier alpha value is -2.86. The van der Waals surface area contributed by atoms with Crippen molar-refractivity contribution in [3.63, 3.8) is 0 Å². The molecule has 31 heavy (non-hydrogen) atoms. The summed E-state index contributed by atoms with van der Waals surface area (Å²) in [6.07, 6.45) is 0. The second-order valence-corrected chi connectivity index (χ2v) is 8.70. The van der Waals surface area contributed by atoms with Gasteiger partial charge in [-0.3, -0.25) is 0 Å². The number of benzene rings is 4. The van der Waals surface area contributed by atoms with E-state index in [2.05, 4.69) is 5.32 Å². The molecule has 0 spiro atoms. The lowest BCUT2D eigenvalue weighted by Gasteiger charge is -2.13. The molecule has 0 saturated heterocycles. The molecule has 7 heteroatoms. The molecule has 0 amide bonds. The van der Waals surface area contributed by atoms with Crippen molar-refractivity contribution in [2.45, 2.75) is 9.92 Å². The van der Waals surface area contributed by atoms with Crippen LogP contribution in [0, 0.1) is 5.82 Å². The van der Waals surface area contributed by atoms with Gasteiger partial charge in [-0.05, 0) is 53.2 Å². The first-order chi connectivity index (χ1) is 15.1.